The molecule has 0 aromatic carbocycles. The number of fused-ring (bicyclic) bond motifs is 1. The molecule has 0 amide bonds. The summed E-state index contributed by atoms with van der Waals surface area (Å²) in [5.41, 5.74) is 4.05. The molecular formula is C17H20N4O2S. The van der Waals surface area contributed by atoms with E-state index >= 15 is 0 Å². The third-order valence-corrected chi connectivity index (χ3v) is 4.65. The van der Waals surface area contributed by atoms with E-state index in [9.17, 15) is 4.79 Å². The van der Waals surface area contributed by atoms with Gasteiger partial charge in [0.25, 0.3) is 0 Å². The molecular weight excluding hydrogens is 324 g/mol. The molecule has 3 rings (SSSR count). The van der Waals surface area contributed by atoms with Crippen LogP contribution in [0.1, 0.15) is 34.8 Å². The number of aryl methyl sites for hydroxylation is 1. The lowest BCUT2D eigenvalue weighted by Gasteiger charge is -2.06. The van der Waals surface area contributed by atoms with Gasteiger partial charge in [-0.3, -0.25) is 0 Å². The molecule has 0 saturated carbocycles. The highest BCUT2D eigenvalue weighted by Crippen LogP contribution is 2.16. The van der Waals surface area contributed by atoms with Gasteiger partial charge in [-0.1, -0.05) is 13.8 Å². The number of aromatic nitrogens is 4. The summed E-state index contributed by atoms with van der Waals surface area (Å²) in [7, 11) is 0. The van der Waals surface area contributed by atoms with Gasteiger partial charge < -0.3 is 4.74 Å². The highest BCUT2D eigenvalue weighted by molar-refractivity contribution is 7.09. The van der Waals surface area contributed by atoms with E-state index in [1.807, 2.05) is 11.6 Å². The quantitative estimate of drug-likeness (QED) is 0.642. The molecule has 7 heteroatoms. The number of carbonyl (C=O) groups excluding carboxylic acids is 1. The van der Waals surface area contributed by atoms with Crippen molar-refractivity contribution in [3.05, 3.63) is 40.1 Å². The lowest BCUT2D eigenvalue weighted by atomic mass is 10.2. The summed E-state index contributed by atoms with van der Waals surface area (Å²) in [4.78, 5) is 21.9. The Kier molecular flexibility index (Phi) is 4.89. The van der Waals surface area contributed by atoms with E-state index in [-0.39, 0.29) is 5.97 Å². The van der Waals surface area contributed by atoms with Gasteiger partial charge in [0.2, 0.25) is 0 Å². The number of hydrogen-bond acceptors (Lipinski definition) is 6. The molecule has 0 saturated heterocycles. The molecule has 0 aliphatic heterocycles. The number of nitrogens with zero attached hydrogens (tertiary/aromatic N) is 4. The van der Waals surface area contributed by atoms with Crippen molar-refractivity contribution in [1.29, 1.82) is 0 Å². The molecule has 0 aliphatic carbocycles. The smallest absolute Gasteiger partial charge is 0.339 e. The van der Waals surface area contributed by atoms with Crippen LogP contribution in [-0.2, 0) is 17.7 Å². The van der Waals surface area contributed by atoms with Crippen LogP contribution in [0.15, 0.2) is 24.0 Å². The number of thiazole rings is 1. The minimum Gasteiger partial charge on any atom is -0.462 e. The molecule has 0 bridgehead atoms. The number of carbonyl (C=O) groups is 1. The summed E-state index contributed by atoms with van der Waals surface area (Å²) in [6.45, 7) is 7.36. The second-order valence-corrected chi connectivity index (χ2v) is 7.04. The Morgan fingerprint density at radius 1 is 1.33 bits per heavy atom. The third-order valence-electron chi connectivity index (χ3n) is 3.66. The molecule has 0 atom stereocenters. The number of rotatable bonds is 6. The molecule has 3 heterocycles. The van der Waals surface area contributed by atoms with E-state index in [0.717, 1.165) is 28.1 Å². The van der Waals surface area contributed by atoms with Crippen LogP contribution in [0.3, 0.4) is 0 Å². The molecule has 3 aromatic rings. The van der Waals surface area contributed by atoms with Gasteiger partial charge in [-0.2, -0.15) is 5.10 Å². The Morgan fingerprint density at radius 2 is 2.17 bits per heavy atom. The zero-order valence-electron chi connectivity index (χ0n) is 14.0. The van der Waals surface area contributed by atoms with E-state index < -0.39 is 0 Å². The molecule has 6 nitrogen and oxygen atoms in total. The first kappa shape index (κ1) is 16.6. The summed E-state index contributed by atoms with van der Waals surface area (Å²) in [5.74, 6) is 0.123. The topological polar surface area (TPSA) is 69.9 Å². The summed E-state index contributed by atoms with van der Waals surface area (Å²) in [6.07, 6.45) is 3.98. The maximum atomic E-state index is 12.2. The fourth-order valence-electron chi connectivity index (χ4n) is 2.45. The van der Waals surface area contributed by atoms with E-state index in [4.69, 9.17) is 4.74 Å². The fourth-order valence-corrected chi connectivity index (χ4v) is 3.21. The van der Waals surface area contributed by atoms with Crippen molar-refractivity contribution < 1.29 is 9.53 Å². The lowest BCUT2D eigenvalue weighted by Crippen LogP contribution is -2.09. The number of esters is 1. The second kappa shape index (κ2) is 7.09. The normalized spacial score (nSPS) is 11.3. The van der Waals surface area contributed by atoms with Crippen LogP contribution in [0.2, 0.25) is 0 Å². The van der Waals surface area contributed by atoms with Crippen LogP contribution >= 0.6 is 11.3 Å². The summed E-state index contributed by atoms with van der Waals surface area (Å²) < 4.78 is 7.21. The number of hydrogen-bond donors (Lipinski definition) is 0. The highest BCUT2D eigenvalue weighted by atomic mass is 32.1. The molecule has 0 unspecified atom stereocenters. The van der Waals surface area contributed by atoms with Crippen molar-refractivity contribution in [3.63, 3.8) is 0 Å². The first-order chi connectivity index (χ1) is 11.5. The SMILES string of the molecule is Cc1ncsc1CCOC(=O)c1cnc2c(cnn2CC(C)C)c1. The Hall–Kier alpha value is -2.28. The Balaban J connectivity index is 1.65. The second-order valence-electron chi connectivity index (χ2n) is 6.10. The zero-order chi connectivity index (χ0) is 17.1. The van der Waals surface area contributed by atoms with Gasteiger partial charge in [-0.05, 0) is 18.9 Å². The minimum atomic E-state index is -0.358. The summed E-state index contributed by atoms with van der Waals surface area (Å²) in [5, 5.41) is 5.19. The number of pyridine rings is 1. The zero-order valence-corrected chi connectivity index (χ0v) is 14.8. The fraction of sp³-hybridized carbons (Fsp3) is 0.412. The van der Waals surface area contributed by atoms with Crippen molar-refractivity contribution >= 4 is 28.3 Å². The predicted octanol–water partition coefficient (Wildman–Crippen LogP) is 3.25. The molecule has 0 N–H and O–H groups in total. The average Bonchev–Trinajstić information content (AvgIpc) is 3.13. The van der Waals surface area contributed by atoms with E-state index in [2.05, 4.69) is 28.9 Å². The van der Waals surface area contributed by atoms with Crippen molar-refractivity contribution in [2.45, 2.75) is 33.7 Å². The minimum absolute atomic E-state index is 0.340. The maximum Gasteiger partial charge on any atom is 0.339 e. The molecule has 3 aromatic heterocycles. The van der Waals surface area contributed by atoms with Gasteiger partial charge >= 0.3 is 5.97 Å². The van der Waals surface area contributed by atoms with Crippen LogP contribution < -0.4 is 0 Å². The maximum absolute atomic E-state index is 12.2. The van der Waals surface area contributed by atoms with Gasteiger partial charge in [-0.25, -0.2) is 19.4 Å². The van der Waals surface area contributed by atoms with Crippen LogP contribution in [0.5, 0.6) is 0 Å². The van der Waals surface area contributed by atoms with Gasteiger partial charge in [0.1, 0.15) is 0 Å². The van der Waals surface area contributed by atoms with Crippen molar-refractivity contribution in [1.82, 2.24) is 19.7 Å². The third kappa shape index (κ3) is 3.62. The summed E-state index contributed by atoms with van der Waals surface area (Å²) >= 11 is 1.58. The Bertz CT molecular complexity index is 853. The highest BCUT2D eigenvalue weighted by Gasteiger charge is 2.12. The first-order valence-electron chi connectivity index (χ1n) is 7.92. The van der Waals surface area contributed by atoms with Crippen LogP contribution in [0.25, 0.3) is 11.0 Å². The molecule has 0 radical (unpaired) electrons. The van der Waals surface area contributed by atoms with Crippen LogP contribution in [0, 0.1) is 12.8 Å². The van der Waals surface area contributed by atoms with Gasteiger partial charge in [0.05, 0.1) is 29.6 Å². The van der Waals surface area contributed by atoms with Crippen molar-refractivity contribution in [3.8, 4) is 0 Å². The average molecular weight is 344 g/mol. The van der Waals surface area contributed by atoms with Gasteiger partial charge in [0, 0.05) is 29.4 Å². The first-order valence-corrected chi connectivity index (χ1v) is 8.80. The van der Waals surface area contributed by atoms with Gasteiger partial charge in [0.15, 0.2) is 5.65 Å². The van der Waals surface area contributed by atoms with Crippen molar-refractivity contribution in [2.75, 3.05) is 6.61 Å². The molecule has 0 fully saturated rings. The van der Waals surface area contributed by atoms with Crippen LogP contribution in [0.4, 0.5) is 0 Å². The van der Waals surface area contributed by atoms with Crippen molar-refractivity contribution in [2.24, 2.45) is 5.92 Å². The van der Waals surface area contributed by atoms with Gasteiger partial charge in [-0.15, -0.1) is 11.3 Å². The van der Waals surface area contributed by atoms with E-state index in [1.54, 1.807) is 35.3 Å². The monoisotopic (exact) mass is 344 g/mol. The van der Waals surface area contributed by atoms with E-state index in [1.165, 1.54) is 0 Å². The molecule has 24 heavy (non-hydrogen) atoms. The van der Waals surface area contributed by atoms with E-state index in [0.29, 0.717) is 24.5 Å². The van der Waals surface area contributed by atoms with Crippen LogP contribution in [-0.4, -0.2) is 32.3 Å². The summed E-state index contributed by atoms with van der Waals surface area (Å²) in [6, 6.07) is 1.78. The molecule has 126 valence electrons. The predicted molar refractivity (Wildman–Crippen MR) is 93.2 cm³/mol. The molecule has 0 spiro atoms. The standard InChI is InChI=1S/C17H20N4O2S/c1-11(2)9-21-16-13(8-20-21)6-14(7-18-16)17(22)23-5-4-15-12(3)19-10-24-15/h6-8,10-11H,4-5,9H2,1-3H3. The largest absolute Gasteiger partial charge is 0.462 e. The Morgan fingerprint density at radius 3 is 2.88 bits per heavy atom. The lowest BCUT2D eigenvalue weighted by molar-refractivity contribution is 0.0509. The number of ether oxygens (including phenoxy) is 1. The molecule has 0 aliphatic rings. The Labute approximate surface area is 144 Å².